The molecule has 2 aromatic heterocycles. The van der Waals surface area contributed by atoms with Crippen molar-refractivity contribution >= 4 is 34.0 Å². The van der Waals surface area contributed by atoms with Crippen molar-refractivity contribution in [2.75, 3.05) is 23.7 Å². The number of rotatable bonds is 7. The fraction of sp³-hybridized carbons (Fsp3) is 0.296. The number of anilines is 2. The van der Waals surface area contributed by atoms with Gasteiger partial charge in [0.2, 0.25) is 5.91 Å². The molecule has 5 rings (SSSR count). The summed E-state index contributed by atoms with van der Waals surface area (Å²) in [5.41, 5.74) is 0.930. The second-order valence-corrected chi connectivity index (χ2v) is 11.0. The van der Waals surface area contributed by atoms with Gasteiger partial charge in [-0.1, -0.05) is 22.6 Å². The van der Waals surface area contributed by atoms with Crippen LogP contribution in [0.4, 0.5) is 32.8 Å². The van der Waals surface area contributed by atoms with Gasteiger partial charge in [0.15, 0.2) is 5.13 Å². The number of aryl methyl sites for hydroxylation is 1. The van der Waals surface area contributed by atoms with E-state index in [1.165, 1.54) is 46.0 Å². The molecule has 0 radical (unpaired) electrons. The normalized spacial score (nSPS) is 15.1. The van der Waals surface area contributed by atoms with Crippen molar-refractivity contribution in [2.24, 2.45) is 0 Å². The highest BCUT2D eigenvalue weighted by molar-refractivity contribution is 7.19. The molecule has 0 atom stereocenters. The highest BCUT2D eigenvalue weighted by Gasteiger charge is 2.38. The van der Waals surface area contributed by atoms with Crippen LogP contribution in [0, 0.1) is 6.92 Å². The van der Waals surface area contributed by atoms with Gasteiger partial charge < -0.3 is 10.6 Å². The lowest BCUT2D eigenvalue weighted by Gasteiger charge is -2.18. The van der Waals surface area contributed by atoms with Gasteiger partial charge in [0.1, 0.15) is 5.69 Å². The summed E-state index contributed by atoms with van der Waals surface area (Å²) in [6, 6.07) is 7.78. The van der Waals surface area contributed by atoms with E-state index >= 15 is 0 Å². The molecule has 1 saturated heterocycles. The number of hydrogen-bond acceptors (Lipinski definition) is 7. The summed E-state index contributed by atoms with van der Waals surface area (Å²) in [5, 5.41) is 13.8. The summed E-state index contributed by atoms with van der Waals surface area (Å²) in [5.74, 6) is -3.82. The Balaban J connectivity index is 1.37. The molecule has 2 amide bonds. The number of thiazole rings is 1. The van der Waals surface area contributed by atoms with Crippen LogP contribution in [0.2, 0.25) is 0 Å². The standard InChI is InChI=1S/C27H24F5N7O2S/c1-15-3-4-18(9-22(15)39-13-21(36-37-39)23-11-33-25(42-23)34-16(2)40)24(41)35-20-8-17(7-19(10-20)27(30,31)32)12-38-6-5-26(28,29)14-38/h3-4,7-11,13H,5-6,12,14H2,1-2H3,(H,35,41)(H,33,34,40). The monoisotopic (exact) mass is 605 g/mol. The highest BCUT2D eigenvalue weighted by Crippen LogP contribution is 2.34. The summed E-state index contributed by atoms with van der Waals surface area (Å²) in [6.07, 6.45) is -1.90. The van der Waals surface area contributed by atoms with Gasteiger partial charge in [0.05, 0.1) is 28.9 Å². The SMILES string of the molecule is CC(=O)Nc1ncc(-c2cn(-c3cc(C(=O)Nc4cc(CN5CCC(F)(F)C5)cc(C(F)(F)F)c4)ccc3C)nn2)s1. The smallest absolute Gasteiger partial charge is 0.322 e. The molecule has 3 heterocycles. The number of benzene rings is 2. The van der Waals surface area contributed by atoms with E-state index in [1.807, 2.05) is 0 Å². The number of carbonyl (C=O) groups excluding carboxylic acids is 2. The zero-order chi connectivity index (χ0) is 30.2. The van der Waals surface area contributed by atoms with Crippen molar-refractivity contribution in [3.05, 3.63) is 71.0 Å². The number of alkyl halides is 5. The van der Waals surface area contributed by atoms with Crippen molar-refractivity contribution in [1.82, 2.24) is 24.9 Å². The van der Waals surface area contributed by atoms with Crippen LogP contribution >= 0.6 is 11.3 Å². The molecular weight excluding hydrogens is 581 g/mol. The molecule has 220 valence electrons. The Kier molecular flexibility index (Phi) is 7.81. The van der Waals surface area contributed by atoms with Gasteiger partial charge in [0.25, 0.3) is 11.8 Å². The van der Waals surface area contributed by atoms with Crippen LogP contribution < -0.4 is 10.6 Å². The molecule has 1 fully saturated rings. The molecule has 15 heteroatoms. The summed E-state index contributed by atoms with van der Waals surface area (Å²) in [7, 11) is 0. The summed E-state index contributed by atoms with van der Waals surface area (Å²) >= 11 is 1.21. The van der Waals surface area contributed by atoms with Crippen LogP contribution in [0.3, 0.4) is 0 Å². The molecule has 0 saturated carbocycles. The van der Waals surface area contributed by atoms with Gasteiger partial charge in [-0.25, -0.2) is 18.4 Å². The molecule has 0 unspecified atom stereocenters. The van der Waals surface area contributed by atoms with Crippen LogP contribution in [0.15, 0.2) is 48.8 Å². The number of nitrogens with one attached hydrogen (secondary N) is 2. The van der Waals surface area contributed by atoms with Gasteiger partial charge in [-0.2, -0.15) is 13.2 Å². The minimum atomic E-state index is -4.70. The Hall–Kier alpha value is -4.24. The third-order valence-corrected chi connectivity index (χ3v) is 7.42. The van der Waals surface area contributed by atoms with Crippen LogP contribution in [0.5, 0.6) is 0 Å². The average molecular weight is 606 g/mol. The van der Waals surface area contributed by atoms with Gasteiger partial charge in [-0.15, -0.1) is 5.10 Å². The van der Waals surface area contributed by atoms with Crippen LogP contribution in [0.1, 0.15) is 40.4 Å². The van der Waals surface area contributed by atoms with E-state index in [-0.39, 0.29) is 42.2 Å². The molecule has 4 aromatic rings. The van der Waals surface area contributed by atoms with Crippen LogP contribution in [0.25, 0.3) is 16.3 Å². The molecule has 0 bridgehead atoms. The zero-order valence-electron chi connectivity index (χ0n) is 22.3. The van der Waals surface area contributed by atoms with E-state index in [4.69, 9.17) is 0 Å². The average Bonchev–Trinajstić information content (AvgIpc) is 3.63. The van der Waals surface area contributed by atoms with E-state index < -0.39 is 30.1 Å². The second kappa shape index (κ2) is 11.2. The van der Waals surface area contributed by atoms with Gasteiger partial charge in [0, 0.05) is 43.9 Å². The van der Waals surface area contributed by atoms with E-state index in [0.717, 1.165) is 17.7 Å². The maximum Gasteiger partial charge on any atom is 0.416 e. The van der Waals surface area contributed by atoms with E-state index in [9.17, 15) is 31.5 Å². The van der Waals surface area contributed by atoms with Crippen LogP contribution in [-0.2, 0) is 17.5 Å². The predicted molar refractivity (Wildman–Crippen MR) is 146 cm³/mol. The predicted octanol–water partition coefficient (Wildman–Crippen LogP) is 5.77. The summed E-state index contributed by atoms with van der Waals surface area (Å²) < 4.78 is 69.6. The lowest BCUT2D eigenvalue weighted by Crippen LogP contribution is -2.25. The Morgan fingerprint density at radius 1 is 1.12 bits per heavy atom. The zero-order valence-corrected chi connectivity index (χ0v) is 23.1. The third-order valence-electron chi connectivity index (χ3n) is 6.49. The van der Waals surface area contributed by atoms with Crippen LogP contribution in [-0.4, -0.2) is 55.7 Å². The minimum absolute atomic E-state index is 0.0561. The van der Waals surface area contributed by atoms with Crippen molar-refractivity contribution in [3.8, 4) is 16.3 Å². The fourth-order valence-corrected chi connectivity index (χ4v) is 5.33. The van der Waals surface area contributed by atoms with E-state index in [0.29, 0.717) is 21.4 Å². The highest BCUT2D eigenvalue weighted by atomic mass is 32.1. The molecule has 2 aromatic carbocycles. The Morgan fingerprint density at radius 2 is 1.90 bits per heavy atom. The number of carbonyl (C=O) groups is 2. The van der Waals surface area contributed by atoms with Crippen molar-refractivity contribution in [2.45, 2.75) is 38.9 Å². The second-order valence-electron chi connectivity index (χ2n) is 9.95. The quantitative estimate of drug-likeness (QED) is 0.259. The maximum absolute atomic E-state index is 13.6. The Labute approximate surface area is 240 Å². The van der Waals surface area contributed by atoms with Gasteiger partial charge in [-0.05, 0) is 48.4 Å². The lowest BCUT2D eigenvalue weighted by atomic mass is 10.1. The Morgan fingerprint density at radius 3 is 2.60 bits per heavy atom. The minimum Gasteiger partial charge on any atom is -0.322 e. The number of amides is 2. The first-order valence-electron chi connectivity index (χ1n) is 12.7. The fourth-order valence-electron chi connectivity index (χ4n) is 4.52. The first kappa shape index (κ1) is 29.3. The molecule has 0 aliphatic carbocycles. The molecule has 2 N–H and O–H groups in total. The number of nitrogens with zero attached hydrogens (tertiary/aromatic N) is 5. The molecular formula is C27H24F5N7O2S. The molecule has 0 spiro atoms. The first-order valence-corrected chi connectivity index (χ1v) is 13.5. The number of likely N-dealkylation sites (tertiary alicyclic amines) is 1. The first-order chi connectivity index (χ1) is 19.8. The number of halogens is 5. The van der Waals surface area contributed by atoms with Gasteiger partial charge in [-0.3, -0.25) is 14.5 Å². The molecule has 1 aliphatic rings. The number of aromatic nitrogens is 4. The lowest BCUT2D eigenvalue weighted by molar-refractivity contribution is -0.137. The topological polar surface area (TPSA) is 105 Å². The van der Waals surface area contributed by atoms with E-state index in [1.54, 1.807) is 25.4 Å². The number of hydrogen-bond donors (Lipinski definition) is 2. The third kappa shape index (κ3) is 6.79. The Bertz CT molecular complexity index is 1650. The van der Waals surface area contributed by atoms with Crippen molar-refractivity contribution in [1.29, 1.82) is 0 Å². The largest absolute Gasteiger partial charge is 0.416 e. The molecule has 42 heavy (non-hydrogen) atoms. The maximum atomic E-state index is 13.6. The van der Waals surface area contributed by atoms with Crippen molar-refractivity contribution < 1.29 is 31.5 Å². The summed E-state index contributed by atoms with van der Waals surface area (Å²) in [6.45, 7) is 2.56. The summed E-state index contributed by atoms with van der Waals surface area (Å²) in [4.78, 5) is 30.6. The van der Waals surface area contributed by atoms with E-state index in [2.05, 4.69) is 25.9 Å². The molecule has 1 aliphatic heterocycles. The molecule has 9 nitrogen and oxygen atoms in total. The van der Waals surface area contributed by atoms with Crippen molar-refractivity contribution in [3.63, 3.8) is 0 Å². The van der Waals surface area contributed by atoms with Gasteiger partial charge >= 0.3 is 6.18 Å².